The molecule has 1 unspecified atom stereocenters. The van der Waals surface area contributed by atoms with Crippen LogP contribution in [0.3, 0.4) is 0 Å². The first-order chi connectivity index (χ1) is 9.74. The molecule has 0 amide bonds. The van der Waals surface area contributed by atoms with Crippen molar-refractivity contribution in [1.29, 1.82) is 0 Å². The van der Waals surface area contributed by atoms with E-state index in [1.807, 2.05) is 0 Å². The summed E-state index contributed by atoms with van der Waals surface area (Å²) in [6, 6.07) is 7.85. The fourth-order valence-corrected chi connectivity index (χ4v) is 1.97. The second-order valence-corrected chi connectivity index (χ2v) is 4.85. The normalized spacial score (nSPS) is 27.3. The second-order valence-electron chi connectivity index (χ2n) is 4.85. The molecule has 1 aromatic carbocycles. The summed E-state index contributed by atoms with van der Waals surface area (Å²) in [5.74, 6) is -7.70. The molecule has 7 heteroatoms. The van der Waals surface area contributed by atoms with Gasteiger partial charge in [-0.05, 0) is 12.1 Å². The lowest BCUT2D eigenvalue weighted by atomic mass is 10.1. The number of ketones is 1. The van der Waals surface area contributed by atoms with Crippen molar-refractivity contribution in [2.75, 3.05) is 6.61 Å². The monoisotopic (exact) mass is 300 g/mol. The molecule has 0 saturated carbocycles. The lowest BCUT2D eigenvalue weighted by Crippen LogP contribution is -2.37. The number of rotatable bonds is 4. The third-order valence-corrected chi connectivity index (χ3v) is 3.21. The fraction of sp³-hybridized carbons (Fsp3) is 0.429. The Hall–Kier alpha value is -1.86. The van der Waals surface area contributed by atoms with E-state index in [9.17, 15) is 23.5 Å². The topological polar surface area (TPSA) is 72.8 Å². The number of ether oxygens (including phenoxy) is 2. The summed E-state index contributed by atoms with van der Waals surface area (Å²) in [5.41, 5.74) is 0.209. The van der Waals surface area contributed by atoms with Crippen molar-refractivity contribution >= 4 is 11.8 Å². The van der Waals surface area contributed by atoms with Gasteiger partial charge in [-0.15, -0.1) is 0 Å². The fourth-order valence-electron chi connectivity index (χ4n) is 1.97. The maximum Gasteiger partial charge on any atom is 0.338 e. The predicted octanol–water partition coefficient (Wildman–Crippen LogP) is 1.55. The molecule has 0 aromatic heterocycles. The Kier molecular flexibility index (Phi) is 4.06. The molecule has 2 atom stereocenters. The number of aliphatic hydroxyl groups is 1. The minimum atomic E-state index is -3.46. The Balaban J connectivity index is 2.00. The van der Waals surface area contributed by atoms with Crippen molar-refractivity contribution in [3.05, 3.63) is 35.9 Å². The van der Waals surface area contributed by atoms with Gasteiger partial charge in [0.2, 0.25) is 5.79 Å². The first-order valence-electron chi connectivity index (χ1n) is 6.26. The molecule has 1 saturated heterocycles. The lowest BCUT2D eigenvalue weighted by Gasteiger charge is -2.19. The quantitative estimate of drug-likeness (QED) is 0.854. The molecule has 114 valence electrons. The van der Waals surface area contributed by atoms with E-state index in [0.29, 0.717) is 0 Å². The first-order valence-corrected chi connectivity index (χ1v) is 6.26. The van der Waals surface area contributed by atoms with Crippen LogP contribution in [-0.4, -0.2) is 41.3 Å². The van der Waals surface area contributed by atoms with Crippen molar-refractivity contribution in [3.63, 3.8) is 0 Å². The molecular formula is C14H14F2O5. The van der Waals surface area contributed by atoms with Gasteiger partial charge in [0, 0.05) is 6.92 Å². The van der Waals surface area contributed by atoms with Crippen LogP contribution in [0.15, 0.2) is 30.3 Å². The highest BCUT2D eigenvalue weighted by Crippen LogP contribution is 2.41. The van der Waals surface area contributed by atoms with E-state index in [1.54, 1.807) is 18.2 Å². The number of benzene rings is 1. The molecule has 5 nitrogen and oxygen atoms in total. The highest BCUT2D eigenvalue weighted by Gasteiger charge is 2.60. The van der Waals surface area contributed by atoms with Crippen LogP contribution in [0.5, 0.6) is 0 Å². The van der Waals surface area contributed by atoms with Crippen LogP contribution in [-0.2, 0) is 14.3 Å². The van der Waals surface area contributed by atoms with Gasteiger partial charge >= 0.3 is 5.97 Å². The van der Waals surface area contributed by atoms with Crippen LogP contribution in [0.4, 0.5) is 8.78 Å². The van der Waals surface area contributed by atoms with Gasteiger partial charge in [0.1, 0.15) is 6.61 Å². The Labute approximate surface area is 119 Å². The summed E-state index contributed by atoms with van der Waals surface area (Å²) < 4.78 is 36.8. The minimum absolute atomic E-state index is 0.209. The van der Waals surface area contributed by atoms with Crippen molar-refractivity contribution in [3.8, 4) is 0 Å². The van der Waals surface area contributed by atoms with Crippen LogP contribution < -0.4 is 0 Å². The average Bonchev–Trinajstić information content (AvgIpc) is 2.67. The first kappa shape index (κ1) is 15.5. The van der Waals surface area contributed by atoms with E-state index in [1.165, 1.54) is 12.1 Å². The predicted molar refractivity (Wildman–Crippen MR) is 66.8 cm³/mol. The van der Waals surface area contributed by atoms with Gasteiger partial charge in [-0.3, -0.25) is 4.79 Å². The Morgan fingerprint density at radius 2 is 2.00 bits per heavy atom. The van der Waals surface area contributed by atoms with Crippen molar-refractivity contribution < 1.29 is 33.0 Å². The molecule has 1 N–H and O–H groups in total. The van der Waals surface area contributed by atoms with Gasteiger partial charge in [-0.1, -0.05) is 18.2 Å². The summed E-state index contributed by atoms with van der Waals surface area (Å²) >= 11 is 0. The molecule has 0 bridgehead atoms. The van der Waals surface area contributed by atoms with Gasteiger partial charge in [-0.25, -0.2) is 13.6 Å². The molecule has 1 aliphatic heterocycles. The Bertz CT molecular complexity index is 546. The van der Waals surface area contributed by atoms with Gasteiger partial charge in [0.05, 0.1) is 12.0 Å². The number of alkyl halides is 2. The minimum Gasteiger partial charge on any atom is -0.459 e. The van der Waals surface area contributed by atoms with E-state index in [4.69, 9.17) is 9.47 Å². The number of hydrogen-bond donors (Lipinski definition) is 1. The maximum absolute atomic E-state index is 13.7. The third kappa shape index (κ3) is 3.25. The van der Waals surface area contributed by atoms with E-state index in [-0.39, 0.29) is 5.56 Å². The zero-order valence-electron chi connectivity index (χ0n) is 11.2. The largest absolute Gasteiger partial charge is 0.459 e. The maximum atomic E-state index is 13.7. The third-order valence-electron chi connectivity index (χ3n) is 3.21. The lowest BCUT2D eigenvalue weighted by molar-refractivity contribution is -0.202. The van der Waals surface area contributed by atoms with Crippen LogP contribution in [0.2, 0.25) is 0 Å². The van der Waals surface area contributed by atoms with Gasteiger partial charge in [0.25, 0.3) is 5.92 Å². The zero-order valence-corrected chi connectivity index (χ0v) is 11.2. The summed E-state index contributed by atoms with van der Waals surface area (Å²) in [4.78, 5) is 22.8. The molecule has 1 aliphatic rings. The molecule has 1 aromatic rings. The van der Waals surface area contributed by atoms with Gasteiger partial charge < -0.3 is 14.6 Å². The van der Waals surface area contributed by atoms with Crippen molar-refractivity contribution in [2.24, 2.45) is 0 Å². The molecule has 0 spiro atoms. The molecule has 1 fully saturated rings. The Morgan fingerprint density at radius 3 is 2.52 bits per heavy atom. The van der Waals surface area contributed by atoms with Crippen LogP contribution in [0, 0.1) is 0 Å². The second kappa shape index (κ2) is 5.50. The highest BCUT2D eigenvalue weighted by atomic mass is 19.3. The average molecular weight is 300 g/mol. The smallest absolute Gasteiger partial charge is 0.338 e. The van der Waals surface area contributed by atoms with Gasteiger partial charge in [-0.2, -0.15) is 0 Å². The number of esters is 1. The SMILES string of the molecule is CC(=O)C1(O)CC(F)(F)[C@@H](COC(=O)c2ccccc2)O1. The molecule has 1 heterocycles. The number of carbonyl (C=O) groups excluding carboxylic acids is 2. The molecule has 21 heavy (non-hydrogen) atoms. The van der Waals surface area contributed by atoms with E-state index in [0.717, 1.165) is 6.92 Å². The summed E-state index contributed by atoms with van der Waals surface area (Å²) in [6.45, 7) is 0.199. The summed E-state index contributed by atoms with van der Waals surface area (Å²) in [6.07, 6.45) is -3.01. The Morgan fingerprint density at radius 1 is 1.38 bits per heavy atom. The van der Waals surface area contributed by atoms with Crippen molar-refractivity contribution in [2.45, 2.75) is 31.2 Å². The van der Waals surface area contributed by atoms with E-state index in [2.05, 4.69) is 0 Å². The number of halogens is 2. The standard InChI is InChI=1S/C14H14F2O5/c1-9(17)14(19)8-13(15,16)11(21-14)7-20-12(18)10-5-3-2-4-6-10/h2-6,11,19H,7-8H2,1H3/t11-,14?/m1/s1. The zero-order chi connectivity index (χ0) is 15.7. The van der Waals surface area contributed by atoms with Crippen LogP contribution in [0.1, 0.15) is 23.7 Å². The van der Waals surface area contributed by atoms with Crippen LogP contribution >= 0.6 is 0 Å². The summed E-state index contributed by atoms with van der Waals surface area (Å²) in [5, 5.41) is 9.66. The molecule has 0 radical (unpaired) electrons. The molecular weight excluding hydrogens is 286 g/mol. The molecule has 0 aliphatic carbocycles. The number of Topliss-reactive ketones (excluding diaryl/α,β-unsaturated/α-hetero) is 1. The van der Waals surface area contributed by atoms with Crippen molar-refractivity contribution in [1.82, 2.24) is 0 Å². The number of hydrogen-bond acceptors (Lipinski definition) is 5. The van der Waals surface area contributed by atoms with E-state index >= 15 is 0 Å². The summed E-state index contributed by atoms with van der Waals surface area (Å²) in [7, 11) is 0. The van der Waals surface area contributed by atoms with Crippen LogP contribution in [0.25, 0.3) is 0 Å². The highest BCUT2D eigenvalue weighted by molar-refractivity contribution is 5.89. The molecule has 2 rings (SSSR count). The van der Waals surface area contributed by atoms with E-state index < -0.39 is 42.6 Å². The number of carbonyl (C=O) groups is 2. The van der Waals surface area contributed by atoms with Gasteiger partial charge in [0.15, 0.2) is 11.9 Å².